The second kappa shape index (κ2) is 10.8. The van der Waals surface area contributed by atoms with Gasteiger partial charge in [-0.1, -0.05) is 30.3 Å². The molecule has 0 bridgehead atoms. The average molecular weight is 439 g/mol. The highest BCUT2D eigenvalue weighted by molar-refractivity contribution is 5.85. The van der Waals surface area contributed by atoms with Gasteiger partial charge in [0, 0.05) is 37.8 Å². The van der Waals surface area contributed by atoms with Crippen LogP contribution in [0.5, 0.6) is 11.5 Å². The number of phenols is 1. The van der Waals surface area contributed by atoms with Gasteiger partial charge in [-0.15, -0.1) is 24.8 Å². The highest BCUT2D eigenvalue weighted by Gasteiger charge is 2.46. The third-order valence-electron chi connectivity index (χ3n) is 4.37. The number of phenolic OH excluding ortho intramolecular Hbond substituents is 1. The van der Waals surface area contributed by atoms with Crippen LogP contribution in [0.2, 0.25) is 0 Å². The number of nitrogens with zero attached hydrogens (tertiary/aromatic N) is 1. The van der Waals surface area contributed by atoms with Gasteiger partial charge in [0.05, 0.1) is 0 Å². The van der Waals surface area contributed by atoms with E-state index in [4.69, 9.17) is 4.74 Å². The molecule has 1 fully saturated rings. The summed E-state index contributed by atoms with van der Waals surface area (Å²) in [4.78, 5) is 1.34. The van der Waals surface area contributed by atoms with Gasteiger partial charge in [0.25, 0.3) is 0 Å². The molecule has 4 nitrogen and oxygen atoms in total. The average Bonchev–Trinajstić information content (AvgIpc) is 2.62. The van der Waals surface area contributed by atoms with Crippen molar-refractivity contribution in [2.75, 3.05) is 26.2 Å². The summed E-state index contributed by atoms with van der Waals surface area (Å²) in [6.07, 6.45) is -4.47. The van der Waals surface area contributed by atoms with Crippen molar-refractivity contribution >= 4 is 24.8 Å². The van der Waals surface area contributed by atoms with Gasteiger partial charge < -0.3 is 15.2 Å². The van der Waals surface area contributed by atoms with Crippen molar-refractivity contribution in [1.82, 2.24) is 10.2 Å². The Balaban J connectivity index is 0.00000196. The number of halogens is 5. The molecule has 2 aromatic carbocycles. The number of rotatable bonds is 5. The van der Waals surface area contributed by atoms with Crippen LogP contribution in [0, 0.1) is 0 Å². The first-order chi connectivity index (χ1) is 12.4. The fourth-order valence-corrected chi connectivity index (χ4v) is 3.11. The summed E-state index contributed by atoms with van der Waals surface area (Å²) in [5, 5.41) is 13.3. The smallest absolute Gasteiger partial charge is 0.408 e. The fraction of sp³-hybridized carbons (Fsp3) is 0.368. The highest BCUT2D eigenvalue weighted by atomic mass is 35.5. The van der Waals surface area contributed by atoms with E-state index in [0.717, 1.165) is 5.56 Å². The maximum Gasteiger partial charge on any atom is 0.408 e. The lowest BCUT2D eigenvalue weighted by Gasteiger charge is -2.36. The Morgan fingerprint density at radius 1 is 1.04 bits per heavy atom. The molecule has 0 unspecified atom stereocenters. The van der Waals surface area contributed by atoms with Crippen molar-refractivity contribution in [3.63, 3.8) is 0 Å². The van der Waals surface area contributed by atoms with E-state index >= 15 is 0 Å². The number of hydrogen-bond acceptors (Lipinski definition) is 4. The number of piperazine rings is 1. The Hall–Kier alpha value is -1.67. The van der Waals surface area contributed by atoms with Crippen LogP contribution in [0.25, 0.3) is 0 Å². The molecule has 0 saturated carbocycles. The van der Waals surface area contributed by atoms with Crippen LogP contribution in [0.3, 0.4) is 0 Å². The SMILES string of the molecule is Cl.Cl.Oc1cc(OCc2ccccc2)ccc1[C@@H](N1CCNCC1)C(F)(F)F. The maximum absolute atomic E-state index is 13.6. The molecule has 2 aromatic rings. The monoisotopic (exact) mass is 438 g/mol. The van der Waals surface area contributed by atoms with Gasteiger partial charge in [-0.25, -0.2) is 0 Å². The number of ether oxygens (including phenoxy) is 1. The van der Waals surface area contributed by atoms with E-state index in [-0.39, 0.29) is 50.1 Å². The number of benzene rings is 2. The lowest BCUT2D eigenvalue weighted by Crippen LogP contribution is -2.49. The molecule has 0 amide bonds. The summed E-state index contributed by atoms with van der Waals surface area (Å²) in [5.74, 6) is -0.0762. The summed E-state index contributed by atoms with van der Waals surface area (Å²) in [5.41, 5.74) is 0.788. The van der Waals surface area contributed by atoms with E-state index in [9.17, 15) is 18.3 Å². The van der Waals surface area contributed by atoms with Crippen LogP contribution in [0.15, 0.2) is 48.5 Å². The molecule has 1 saturated heterocycles. The molecule has 2 N–H and O–H groups in total. The van der Waals surface area contributed by atoms with Crippen LogP contribution in [-0.2, 0) is 6.61 Å². The maximum atomic E-state index is 13.6. The molecular weight excluding hydrogens is 416 g/mol. The highest BCUT2D eigenvalue weighted by Crippen LogP contribution is 2.42. The second-order valence-electron chi connectivity index (χ2n) is 6.23. The summed E-state index contributed by atoms with van der Waals surface area (Å²) in [6, 6.07) is 11.6. The molecule has 0 aliphatic carbocycles. The van der Waals surface area contributed by atoms with E-state index in [0.29, 0.717) is 18.8 Å². The van der Waals surface area contributed by atoms with E-state index in [1.54, 1.807) is 0 Å². The zero-order valence-electron chi connectivity index (χ0n) is 15.0. The quantitative estimate of drug-likeness (QED) is 0.729. The Morgan fingerprint density at radius 2 is 1.68 bits per heavy atom. The molecule has 1 aliphatic heterocycles. The minimum atomic E-state index is -4.47. The van der Waals surface area contributed by atoms with Crippen molar-refractivity contribution in [3.05, 3.63) is 59.7 Å². The van der Waals surface area contributed by atoms with Gasteiger partial charge in [-0.3, -0.25) is 4.90 Å². The minimum Gasteiger partial charge on any atom is -0.507 e. The molecule has 9 heteroatoms. The summed E-state index contributed by atoms with van der Waals surface area (Å²) < 4.78 is 46.5. The Bertz CT molecular complexity index is 727. The number of nitrogens with one attached hydrogen (secondary N) is 1. The van der Waals surface area contributed by atoms with Crippen molar-refractivity contribution in [2.45, 2.75) is 18.8 Å². The first kappa shape index (κ1) is 24.4. The first-order valence-corrected chi connectivity index (χ1v) is 8.46. The predicted molar refractivity (Wildman–Crippen MR) is 107 cm³/mol. The van der Waals surface area contributed by atoms with E-state index in [2.05, 4.69) is 5.32 Å². The van der Waals surface area contributed by atoms with Crippen molar-refractivity contribution in [1.29, 1.82) is 0 Å². The van der Waals surface area contributed by atoms with Gasteiger partial charge in [0.15, 0.2) is 0 Å². The zero-order chi connectivity index (χ0) is 18.6. The van der Waals surface area contributed by atoms with Crippen LogP contribution < -0.4 is 10.1 Å². The Labute approximate surface area is 174 Å². The van der Waals surface area contributed by atoms with Gasteiger partial charge in [-0.2, -0.15) is 13.2 Å². The third kappa shape index (κ3) is 6.17. The van der Waals surface area contributed by atoms with Gasteiger partial charge in [0.2, 0.25) is 0 Å². The number of hydrogen-bond donors (Lipinski definition) is 2. The first-order valence-electron chi connectivity index (χ1n) is 8.46. The summed E-state index contributed by atoms with van der Waals surface area (Å²) in [6.45, 7) is 1.81. The van der Waals surface area contributed by atoms with E-state index < -0.39 is 18.0 Å². The van der Waals surface area contributed by atoms with Crippen molar-refractivity contribution < 1.29 is 23.0 Å². The van der Waals surface area contributed by atoms with Crippen LogP contribution in [0.4, 0.5) is 13.2 Å². The molecule has 3 rings (SSSR count). The fourth-order valence-electron chi connectivity index (χ4n) is 3.11. The molecule has 0 radical (unpaired) electrons. The van der Waals surface area contributed by atoms with Crippen LogP contribution >= 0.6 is 24.8 Å². The van der Waals surface area contributed by atoms with Gasteiger partial charge in [-0.05, 0) is 17.7 Å². The number of aromatic hydroxyl groups is 1. The molecule has 28 heavy (non-hydrogen) atoms. The van der Waals surface area contributed by atoms with E-state index in [1.165, 1.54) is 23.1 Å². The molecule has 1 heterocycles. The predicted octanol–water partition coefficient (Wildman–Crippen LogP) is 4.32. The number of alkyl halides is 3. The standard InChI is InChI=1S/C19H21F3N2O2.2ClH/c20-19(21,22)18(24-10-8-23-9-11-24)16-7-6-15(12-17(16)25)26-13-14-4-2-1-3-5-14;;/h1-7,12,18,23,25H,8-11,13H2;2*1H/t18-;;/m1../s1. The normalized spacial score (nSPS) is 15.8. The molecular formula is C19H23Cl2F3N2O2. The van der Waals surface area contributed by atoms with Gasteiger partial charge in [0.1, 0.15) is 24.1 Å². The molecule has 156 valence electrons. The summed E-state index contributed by atoms with van der Waals surface area (Å²) >= 11 is 0. The van der Waals surface area contributed by atoms with Crippen LogP contribution in [-0.4, -0.2) is 42.4 Å². The van der Waals surface area contributed by atoms with E-state index in [1.807, 2.05) is 30.3 Å². The van der Waals surface area contributed by atoms with Crippen LogP contribution in [0.1, 0.15) is 17.2 Å². The Morgan fingerprint density at radius 3 is 2.25 bits per heavy atom. The molecule has 1 aliphatic rings. The van der Waals surface area contributed by atoms with Crippen molar-refractivity contribution in [2.24, 2.45) is 0 Å². The zero-order valence-corrected chi connectivity index (χ0v) is 16.6. The topological polar surface area (TPSA) is 44.7 Å². The second-order valence-corrected chi connectivity index (χ2v) is 6.23. The third-order valence-corrected chi connectivity index (χ3v) is 4.37. The van der Waals surface area contributed by atoms with Gasteiger partial charge >= 0.3 is 6.18 Å². The molecule has 0 spiro atoms. The largest absolute Gasteiger partial charge is 0.507 e. The van der Waals surface area contributed by atoms with Crippen molar-refractivity contribution in [3.8, 4) is 11.5 Å². The minimum absolute atomic E-state index is 0. The Kier molecular flexibility index (Phi) is 9.36. The molecule has 1 atom stereocenters. The lowest BCUT2D eigenvalue weighted by atomic mass is 10.0. The lowest BCUT2D eigenvalue weighted by molar-refractivity contribution is -0.188. The summed E-state index contributed by atoms with van der Waals surface area (Å²) in [7, 11) is 0. The molecule has 0 aromatic heterocycles.